The molecule has 0 saturated heterocycles. The fourth-order valence-corrected chi connectivity index (χ4v) is 3.87. The predicted octanol–water partition coefficient (Wildman–Crippen LogP) is 3.41. The molecule has 1 rings (SSSR count). The normalized spacial score (nSPS) is 13.8. The van der Waals surface area contributed by atoms with Gasteiger partial charge >= 0.3 is 6.09 Å². The summed E-state index contributed by atoms with van der Waals surface area (Å²) < 4.78 is 5.28. The van der Waals surface area contributed by atoms with Crippen LogP contribution in [0.3, 0.4) is 0 Å². The molecule has 0 aliphatic rings. The number of amides is 4. The lowest BCUT2D eigenvalue weighted by Crippen LogP contribution is -2.57. The molecule has 4 amide bonds. The van der Waals surface area contributed by atoms with Crippen molar-refractivity contribution < 1.29 is 28.8 Å². The minimum Gasteiger partial charge on any atom is -0.445 e. The molecule has 214 valence electrons. The number of benzene rings is 1. The molecule has 10 heteroatoms. The molecule has 0 spiro atoms. The second-order valence-corrected chi connectivity index (χ2v) is 10.8. The predicted molar refractivity (Wildman–Crippen MR) is 146 cm³/mol. The molecule has 0 unspecified atom stereocenters. The summed E-state index contributed by atoms with van der Waals surface area (Å²) in [5.74, 6) is -1.30. The molecule has 3 N–H and O–H groups in total. The van der Waals surface area contributed by atoms with E-state index in [0.29, 0.717) is 19.3 Å². The number of imide groups is 1. The number of carbonyl (C=O) groups is 4. The number of carbonyl (C=O) groups excluding carboxylic acids is 4. The number of nitrogens with zero attached hydrogens (tertiary/aromatic N) is 1. The first-order chi connectivity index (χ1) is 17.8. The van der Waals surface area contributed by atoms with Gasteiger partial charge in [-0.25, -0.2) is 4.79 Å². The highest BCUT2D eigenvalue weighted by Gasteiger charge is 2.32. The second kappa shape index (κ2) is 16.8. The zero-order valence-corrected chi connectivity index (χ0v) is 24.1. The summed E-state index contributed by atoms with van der Waals surface area (Å²) >= 11 is 0. The van der Waals surface area contributed by atoms with Crippen molar-refractivity contribution in [2.24, 2.45) is 17.8 Å². The summed E-state index contributed by atoms with van der Waals surface area (Å²) in [5, 5.41) is 9.22. The summed E-state index contributed by atoms with van der Waals surface area (Å²) in [4.78, 5) is 57.0. The third kappa shape index (κ3) is 12.5. The molecule has 0 fully saturated rings. The molecular formula is C28H46N4O6. The third-order valence-electron chi connectivity index (χ3n) is 5.84. The van der Waals surface area contributed by atoms with Crippen molar-refractivity contribution in [3.8, 4) is 0 Å². The summed E-state index contributed by atoms with van der Waals surface area (Å²) in [6, 6.07) is 6.67. The fourth-order valence-electron chi connectivity index (χ4n) is 3.87. The number of hydrogen-bond acceptors (Lipinski definition) is 7. The molecule has 10 nitrogen and oxygen atoms in total. The van der Waals surface area contributed by atoms with Gasteiger partial charge in [-0.2, -0.15) is 5.06 Å². The lowest BCUT2D eigenvalue weighted by Gasteiger charge is -2.28. The van der Waals surface area contributed by atoms with E-state index in [0.717, 1.165) is 5.56 Å². The molecule has 1 aromatic carbocycles. The SMILES string of the molecule is CON(C)[C@@H](CC(C)C)C(=O)NC(=O)[C@H](CC(C)C)NC(=O)[C@H](CC(C)C)NC(=O)OCc1ccccc1. The Kier molecular flexibility index (Phi) is 14.6. The lowest BCUT2D eigenvalue weighted by molar-refractivity contribution is -0.164. The topological polar surface area (TPSA) is 126 Å². The minimum atomic E-state index is -0.962. The number of ether oxygens (including phenoxy) is 1. The smallest absolute Gasteiger partial charge is 0.408 e. The van der Waals surface area contributed by atoms with Crippen LogP contribution in [0, 0.1) is 17.8 Å². The van der Waals surface area contributed by atoms with Gasteiger partial charge in [-0.05, 0) is 42.6 Å². The van der Waals surface area contributed by atoms with Crippen molar-refractivity contribution in [1.82, 2.24) is 21.0 Å². The monoisotopic (exact) mass is 534 g/mol. The van der Waals surface area contributed by atoms with Crippen LogP contribution in [0.15, 0.2) is 30.3 Å². The third-order valence-corrected chi connectivity index (χ3v) is 5.84. The zero-order chi connectivity index (χ0) is 28.8. The maximum absolute atomic E-state index is 13.2. The van der Waals surface area contributed by atoms with E-state index in [1.54, 1.807) is 7.05 Å². The van der Waals surface area contributed by atoms with Crippen molar-refractivity contribution in [2.45, 2.75) is 85.5 Å². The molecule has 0 aliphatic carbocycles. The van der Waals surface area contributed by atoms with Gasteiger partial charge in [-0.15, -0.1) is 0 Å². The number of rotatable bonds is 15. The van der Waals surface area contributed by atoms with Gasteiger partial charge in [0, 0.05) is 7.05 Å². The summed E-state index contributed by atoms with van der Waals surface area (Å²) in [7, 11) is 3.08. The van der Waals surface area contributed by atoms with E-state index in [9.17, 15) is 19.2 Å². The van der Waals surface area contributed by atoms with Crippen LogP contribution in [0.25, 0.3) is 0 Å². The first-order valence-corrected chi connectivity index (χ1v) is 13.2. The Bertz CT molecular complexity index is 891. The second-order valence-electron chi connectivity index (χ2n) is 10.8. The van der Waals surface area contributed by atoms with Crippen LogP contribution in [-0.4, -0.2) is 61.2 Å². The Hall–Kier alpha value is -2.98. The average Bonchev–Trinajstić information content (AvgIpc) is 2.84. The van der Waals surface area contributed by atoms with Crippen LogP contribution >= 0.6 is 0 Å². The largest absolute Gasteiger partial charge is 0.445 e. The van der Waals surface area contributed by atoms with Crippen LogP contribution in [0.5, 0.6) is 0 Å². The van der Waals surface area contributed by atoms with E-state index in [4.69, 9.17) is 9.57 Å². The van der Waals surface area contributed by atoms with Gasteiger partial charge in [0.15, 0.2) is 0 Å². The molecule has 1 aromatic rings. The summed E-state index contributed by atoms with van der Waals surface area (Å²) in [6.07, 6.45) is 0.410. The van der Waals surface area contributed by atoms with E-state index in [2.05, 4.69) is 16.0 Å². The van der Waals surface area contributed by atoms with Crippen LogP contribution in [0.2, 0.25) is 0 Å². The van der Waals surface area contributed by atoms with Gasteiger partial charge in [0.25, 0.3) is 0 Å². The van der Waals surface area contributed by atoms with E-state index < -0.39 is 41.9 Å². The fraction of sp³-hybridized carbons (Fsp3) is 0.643. The van der Waals surface area contributed by atoms with Gasteiger partial charge < -0.3 is 20.2 Å². The summed E-state index contributed by atoms with van der Waals surface area (Å²) in [5.41, 5.74) is 0.820. The van der Waals surface area contributed by atoms with Gasteiger partial charge in [-0.1, -0.05) is 71.9 Å². The van der Waals surface area contributed by atoms with Crippen molar-refractivity contribution in [3.05, 3.63) is 35.9 Å². The van der Waals surface area contributed by atoms with Gasteiger partial charge in [-0.3, -0.25) is 19.7 Å². The standard InChI is InChI=1S/C28H46N4O6/c1-18(2)14-22(26(34)31-27(35)24(16-20(5)6)32(7)37-8)29-25(33)23(15-19(3)4)30-28(36)38-17-21-12-10-9-11-13-21/h9-13,18-20,22-24H,14-17H2,1-8H3,(H,29,33)(H,30,36)(H,31,34,35)/t22-,23-,24-/m0/s1. The molecule has 0 aromatic heterocycles. The number of hydrogen-bond donors (Lipinski definition) is 3. The van der Waals surface area contributed by atoms with Gasteiger partial charge in [0.05, 0.1) is 7.11 Å². The van der Waals surface area contributed by atoms with Crippen molar-refractivity contribution in [2.75, 3.05) is 14.2 Å². The van der Waals surface area contributed by atoms with E-state index in [1.165, 1.54) is 12.2 Å². The van der Waals surface area contributed by atoms with E-state index >= 15 is 0 Å². The number of hydroxylamine groups is 2. The van der Waals surface area contributed by atoms with Gasteiger partial charge in [0.1, 0.15) is 24.7 Å². The molecule has 0 aliphatic heterocycles. The molecule has 0 bridgehead atoms. The minimum absolute atomic E-state index is 0.0570. The van der Waals surface area contributed by atoms with Crippen LogP contribution < -0.4 is 16.0 Å². The van der Waals surface area contributed by atoms with Crippen molar-refractivity contribution >= 4 is 23.8 Å². The zero-order valence-electron chi connectivity index (χ0n) is 24.1. The maximum atomic E-state index is 13.2. The number of likely N-dealkylation sites (N-methyl/N-ethyl adjacent to an activating group) is 1. The Morgan fingerprint density at radius 2 is 1.29 bits per heavy atom. The number of nitrogens with one attached hydrogen (secondary N) is 3. The quantitative estimate of drug-likeness (QED) is 0.294. The first kappa shape index (κ1) is 33.0. The number of alkyl carbamates (subject to hydrolysis) is 1. The molecule has 0 heterocycles. The maximum Gasteiger partial charge on any atom is 0.408 e. The average molecular weight is 535 g/mol. The van der Waals surface area contributed by atoms with Crippen molar-refractivity contribution in [3.63, 3.8) is 0 Å². The molecular weight excluding hydrogens is 488 g/mol. The first-order valence-electron chi connectivity index (χ1n) is 13.2. The highest BCUT2D eigenvalue weighted by molar-refractivity contribution is 6.01. The van der Waals surface area contributed by atoms with E-state index in [1.807, 2.05) is 71.9 Å². The Balaban J connectivity index is 2.93. The van der Waals surface area contributed by atoms with Crippen LogP contribution in [0.1, 0.15) is 66.4 Å². The van der Waals surface area contributed by atoms with Crippen molar-refractivity contribution in [1.29, 1.82) is 0 Å². The van der Waals surface area contributed by atoms with Gasteiger partial charge in [0.2, 0.25) is 17.7 Å². The molecule has 0 saturated carbocycles. The Morgan fingerprint density at radius 1 is 0.763 bits per heavy atom. The Morgan fingerprint density at radius 3 is 1.79 bits per heavy atom. The van der Waals surface area contributed by atoms with E-state index in [-0.39, 0.29) is 24.4 Å². The summed E-state index contributed by atoms with van der Waals surface area (Å²) in [6.45, 7) is 11.7. The molecule has 38 heavy (non-hydrogen) atoms. The van der Waals surface area contributed by atoms with Crippen LogP contribution in [-0.2, 0) is 30.6 Å². The highest BCUT2D eigenvalue weighted by atomic mass is 16.7. The highest BCUT2D eigenvalue weighted by Crippen LogP contribution is 2.13. The Labute approximate surface area is 227 Å². The lowest BCUT2D eigenvalue weighted by atomic mass is 9.99. The molecule has 3 atom stereocenters. The molecule has 0 radical (unpaired) electrons. The van der Waals surface area contributed by atoms with Crippen LogP contribution in [0.4, 0.5) is 4.79 Å².